The third-order valence-corrected chi connectivity index (χ3v) is 6.83. The first-order valence-corrected chi connectivity index (χ1v) is 11.6. The Labute approximate surface area is 221 Å². The van der Waals surface area contributed by atoms with Gasteiger partial charge in [0.2, 0.25) is 0 Å². The smallest absolute Gasteiger partial charge is 0.137 e. The summed E-state index contributed by atoms with van der Waals surface area (Å²) in [6.45, 7) is 9.42. The van der Waals surface area contributed by atoms with Crippen molar-refractivity contribution in [3.63, 3.8) is 0 Å². The molecule has 2 saturated heterocycles. The molecule has 1 aromatic heterocycles. The van der Waals surface area contributed by atoms with Crippen LogP contribution >= 0.6 is 37.2 Å². The summed E-state index contributed by atoms with van der Waals surface area (Å²) in [6.07, 6.45) is 1.56. The Morgan fingerprint density at radius 1 is 0.824 bits per heavy atom. The molecule has 2 aliphatic heterocycles. The van der Waals surface area contributed by atoms with Gasteiger partial charge in [0, 0.05) is 55.9 Å². The van der Waals surface area contributed by atoms with E-state index in [1.807, 2.05) is 0 Å². The highest BCUT2D eigenvalue weighted by Crippen LogP contribution is 2.32. The van der Waals surface area contributed by atoms with Crippen LogP contribution in [0.5, 0.6) is 0 Å². The van der Waals surface area contributed by atoms with Crippen molar-refractivity contribution in [1.82, 2.24) is 9.88 Å². The standard InChI is InChI=1S/C26H32N4O.3ClH/c1-2-28-15-17-30(18-16-28)26-24-6-4-3-5-21(24)19-25(27-26)20-7-9-22(10-8-20)29-13-11-23(31)12-14-29;;;/h3-10,19,23,31H,2,11-18H2,1H3;3*1H. The van der Waals surface area contributed by atoms with Gasteiger partial charge in [0.05, 0.1) is 11.8 Å². The largest absolute Gasteiger partial charge is 0.393 e. The monoisotopic (exact) mass is 524 g/mol. The van der Waals surface area contributed by atoms with E-state index >= 15 is 0 Å². The van der Waals surface area contributed by atoms with Crippen molar-refractivity contribution in [3.05, 3.63) is 54.6 Å². The molecule has 2 aromatic carbocycles. The molecule has 186 valence electrons. The van der Waals surface area contributed by atoms with E-state index in [-0.39, 0.29) is 43.3 Å². The summed E-state index contributed by atoms with van der Waals surface area (Å²) < 4.78 is 0. The van der Waals surface area contributed by atoms with Gasteiger partial charge in [-0.3, -0.25) is 0 Å². The van der Waals surface area contributed by atoms with Gasteiger partial charge in [0.1, 0.15) is 5.82 Å². The van der Waals surface area contributed by atoms with E-state index in [1.54, 1.807) is 0 Å². The van der Waals surface area contributed by atoms with E-state index in [4.69, 9.17) is 4.98 Å². The van der Waals surface area contributed by atoms with Crippen LogP contribution in [0.2, 0.25) is 0 Å². The lowest BCUT2D eigenvalue weighted by Crippen LogP contribution is -2.46. The second-order valence-electron chi connectivity index (χ2n) is 8.74. The highest BCUT2D eigenvalue weighted by Gasteiger charge is 2.20. The third-order valence-electron chi connectivity index (χ3n) is 6.83. The van der Waals surface area contributed by atoms with Crippen molar-refractivity contribution in [2.75, 3.05) is 55.6 Å². The summed E-state index contributed by atoms with van der Waals surface area (Å²) in [6, 6.07) is 19.6. The van der Waals surface area contributed by atoms with E-state index in [0.29, 0.717) is 0 Å². The molecule has 2 fully saturated rings. The maximum absolute atomic E-state index is 9.77. The first-order chi connectivity index (χ1) is 15.2. The number of aromatic nitrogens is 1. The summed E-state index contributed by atoms with van der Waals surface area (Å²) >= 11 is 0. The van der Waals surface area contributed by atoms with Crippen LogP contribution in [0.1, 0.15) is 19.8 Å². The molecule has 8 heteroatoms. The van der Waals surface area contributed by atoms with Crippen LogP contribution in [0, 0.1) is 0 Å². The number of piperidine rings is 1. The van der Waals surface area contributed by atoms with Crippen molar-refractivity contribution in [2.24, 2.45) is 0 Å². The Hall–Kier alpha value is -1.76. The van der Waals surface area contributed by atoms with Gasteiger partial charge in [-0.15, -0.1) is 37.2 Å². The number of fused-ring (bicyclic) bond motifs is 1. The molecule has 1 N–H and O–H groups in total. The minimum Gasteiger partial charge on any atom is -0.393 e. The average Bonchev–Trinajstić information content (AvgIpc) is 2.84. The van der Waals surface area contributed by atoms with Crippen molar-refractivity contribution in [2.45, 2.75) is 25.9 Å². The predicted molar refractivity (Wildman–Crippen MR) is 151 cm³/mol. The first-order valence-electron chi connectivity index (χ1n) is 11.6. The Kier molecular flexibility index (Phi) is 10.7. The number of hydrogen-bond acceptors (Lipinski definition) is 5. The Morgan fingerprint density at radius 3 is 2.12 bits per heavy atom. The minimum atomic E-state index is -0.144. The molecular formula is C26H35Cl3N4O. The zero-order chi connectivity index (χ0) is 21.2. The molecule has 0 saturated carbocycles. The number of halogens is 3. The van der Waals surface area contributed by atoms with Crippen LogP contribution in [0.25, 0.3) is 22.0 Å². The molecule has 3 aromatic rings. The van der Waals surface area contributed by atoms with E-state index in [9.17, 15) is 5.11 Å². The molecule has 0 aliphatic carbocycles. The maximum atomic E-state index is 9.77. The number of rotatable bonds is 4. The molecule has 5 nitrogen and oxygen atoms in total. The van der Waals surface area contributed by atoms with E-state index in [0.717, 1.165) is 75.7 Å². The summed E-state index contributed by atoms with van der Waals surface area (Å²) in [5.41, 5.74) is 3.42. The molecule has 0 unspecified atom stereocenters. The first kappa shape index (κ1) is 28.5. The minimum absolute atomic E-state index is 0. The molecule has 34 heavy (non-hydrogen) atoms. The molecule has 0 bridgehead atoms. The summed E-state index contributed by atoms with van der Waals surface area (Å²) in [5, 5.41) is 12.3. The van der Waals surface area contributed by atoms with Gasteiger partial charge in [0.15, 0.2) is 0 Å². The van der Waals surface area contributed by atoms with Crippen molar-refractivity contribution >= 4 is 59.5 Å². The number of anilines is 2. The number of likely N-dealkylation sites (N-methyl/N-ethyl adjacent to an activating group) is 1. The second-order valence-corrected chi connectivity index (χ2v) is 8.74. The number of nitrogens with zero attached hydrogens (tertiary/aromatic N) is 4. The summed E-state index contributed by atoms with van der Waals surface area (Å²) in [7, 11) is 0. The van der Waals surface area contributed by atoms with Gasteiger partial charge >= 0.3 is 0 Å². The van der Waals surface area contributed by atoms with Gasteiger partial charge in [-0.25, -0.2) is 4.98 Å². The number of pyridine rings is 1. The number of hydrogen-bond donors (Lipinski definition) is 1. The molecule has 0 spiro atoms. The van der Waals surface area contributed by atoms with Crippen molar-refractivity contribution in [1.29, 1.82) is 0 Å². The average molecular weight is 526 g/mol. The van der Waals surface area contributed by atoms with E-state index < -0.39 is 0 Å². The molecule has 0 atom stereocenters. The van der Waals surface area contributed by atoms with Crippen LogP contribution in [0.3, 0.4) is 0 Å². The van der Waals surface area contributed by atoms with Crippen molar-refractivity contribution < 1.29 is 5.11 Å². The van der Waals surface area contributed by atoms with E-state index in [1.165, 1.54) is 16.5 Å². The quantitative estimate of drug-likeness (QED) is 0.503. The number of aliphatic hydroxyl groups excluding tert-OH is 1. The molecule has 0 amide bonds. The second kappa shape index (κ2) is 12.8. The highest BCUT2D eigenvalue weighted by atomic mass is 35.5. The van der Waals surface area contributed by atoms with Crippen molar-refractivity contribution in [3.8, 4) is 11.3 Å². The molecular weight excluding hydrogens is 491 g/mol. The van der Waals surface area contributed by atoms with Gasteiger partial charge < -0.3 is 19.8 Å². The lowest BCUT2D eigenvalue weighted by atomic mass is 10.0. The normalized spacial score (nSPS) is 17.0. The molecule has 5 rings (SSSR count). The fourth-order valence-corrected chi connectivity index (χ4v) is 4.81. The lowest BCUT2D eigenvalue weighted by Gasteiger charge is -2.35. The SMILES string of the molecule is CCN1CCN(c2nc(-c3ccc(N4CCC(O)CC4)cc3)cc3ccccc23)CC1.Cl.Cl.Cl. The van der Waals surface area contributed by atoms with Gasteiger partial charge in [-0.05, 0) is 43.0 Å². The lowest BCUT2D eigenvalue weighted by molar-refractivity contribution is 0.145. The zero-order valence-electron chi connectivity index (χ0n) is 19.6. The Balaban J connectivity index is 0.00000136. The topological polar surface area (TPSA) is 42.8 Å². The fraction of sp³-hybridized carbons (Fsp3) is 0.423. The molecule has 3 heterocycles. The number of piperazine rings is 1. The van der Waals surface area contributed by atoms with Gasteiger partial charge in [-0.2, -0.15) is 0 Å². The fourth-order valence-electron chi connectivity index (χ4n) is 4.81. The van der Waals surface area contributed by atoms with Crippen LogP contribution in [-0.4, -0.2) is 66.9 Å². The van der Waals surface area contributed by atoms with Gasteiger partial charge in [-0.1, -0.05) is 43.3 Å². The van der Waals surface area contributed by atoms with Crippen LogP contribution in [0.15, 0.2) is 54.6 Å². The maximum Gasteiger partial charge on any atom is 0.137 e. The highest BCUT2D eigenvalue weighted by molar-refractivity contribution is 5.95. The Bertz CT molecular complexity index is 1030. The zero-order valence-corrected chi connectivity index (χ0v) is 22.0. The molecule has 0 radical (unpaired) electrons. The van der Waals surface area contributed by atoms with Crippen LogP contribution < -0.4 is 9.80 Å². The van der Waals surface area contributed by atoms with Gasteiger partial charge in [0.25, 0.3) is 0 Å². The summed E-state index contributed by atoms with van der Waals surface area (Å²) in [4.78, 5) is 12.5. The predicted octanol–water partition coefficient (Wildman–Crippen LogP) is 5.27. The summed E-state index contributed by atoms with van der Waals surface area (Å²) in [5.74, 6) is 1.11. The van der Waals surface area contributed by atoms with E-state index in [2.05, 4.69) is 76.2 Å². The third kappa shape index (κ3) is 6.07. The number of benzene rings is 2. The van der Waals surface area contributed by atoms with Crippen LogP contribution in [0.4, 0.5) is 11.5 Å². The molecule has 2 aliphatic rings. The van der Waals surface area contributed by atoms with Crippen LogP contribution in [-0.2, 0) is 0 Å². The number of aliphatic hydroxyl groups is 1. The Morgan fingerprint density at radius 2 is 1.47 bits per heavy atom.